The Morgan fingerprint density at radius 2 is 2.00 bits per heavy atom. The Balaban J connectivity index is 2.27. The molecule has 1 fully saturated rings. The summed E-state index contributed by atoms with van der Waals surface area (Å²) in [5.41, 5.74) is 3.89. The van der Waals surface area contributed by atoms with Crippen LogP contribution in [-0.4, -0.2) is 24.3 Å². The van der Waals surface area contributed by atoms with Gasteiger partial charge < -0.3 is 10.0 Å². The molecule has 0 amide bonds. The molecule has 0 spiro atoms. The lowest BCUT2D eigenvalue weighted by Gasteiger charge is -2.22. The Hall–Kier alpha value is -1.02. The van der Waals surface area contributed by atoms with Crippen molar-refractivity contribution in [3.8, 4) is 0 Å². The van der Waals surface area contributed by atoms with Gasteiger partial charge in [0.1, 0.15) is 0 Å². The molecule has 88 valence electrons. The Labute approximate surface area is 97.9 Å². The van der Waals surface area contributed by atoms with Gasteiger partial charge in [0.25, 0.3) is 0 Å². The van der Waals surface area contributed by atoms with E-state index >= 15 is 0 Å². The fourth-order valence-electron chi connectivity index (χ4n) is 2.46. The second-order valence-corrected chi connectivity index (χ2v) is 4.88. The van der Waals surface area contributed by atoms with Crippen LogP contribution in [0.5, 0.6) is 0 Å². The largest absolute Gasteiger partial charge is 0.393 e. The third-order valence-corrected chi connectivity index (χ3v) is 3.20. The lowest BCUT2D eigenvalue weighted by Crippen LogP contribution is -2.20. The molecule has 1 aromatic carbocycles. The summed E-state index contributed by atoms with van der Waals surface area (Å²) >= 11 is 0. The maximum atomic E-state index is 9.55. The first-order valence-corrected chi connectivity index (χ1v) is 6.19. The maximum Gasteiger partial charge on any atom is 0.0553 e. The number of rotatable bonds is 3. The SMILES string of the molecule is Cc1ccc(N2CCCC2)c(CC(C)O)c1. The van der Waals surface area contributed by atoms with E-state index in [0.29, 0.717) is 0 Å². The van der Waals surface area contributed by atoms with Gasteiger partial charge in [-0.3, -0.25) is 0 Å². The van der Waals surface area contributed by atoms with E-state index < -0.39 is 0 Å². The predicted octanol–water partition coefficient (Wildman–Crippen LogP) is 2.52. The minimum Gasteiger partial charge on any atom is -0.393 e. The molecule has 1 heterocycles. The molecule has 1 unspecified atom stereocenters. The van der Waals surface area contributed by atoms with Gasteiger partial charge in [-0.25, -0.2) is 0 Å². The highest BCUT2D eigenvalue weighted by atomic mass is 16.3. The summed E-state index contributed by atoms with van der Waals surface area (Å²) in [6.45, 7) is 6.29. The van der Waals surface area contributed by atoms with Crippen molar-refractivity contribution in [1.29, 1.82) is 0 Å². The zero-order valence-electron chi connectivity index (χ0n) is 10.2. The predicted molar refractivity (Wildman–Crippen MR) is 68.0 cm³/mol. The molecule has 0 aliphatic carbocycles. The van der Waals surface area contributed by atoms with Gasteiger partial charge >= 0.3 is 0 Å². The number of aryl methyl sites for hydroxylation is 1. The Morgan fingerprint density at radius 1 is 1.31 bits per heavy atom. The fourth-order valence-corrected chi connectivity index (χ4v) is 2.46. The number of aliphatic hydroxyl groups excluding tert-OH is 1. The number of benzene rings is 1. The van der Waals surface area contributed by atoms with E-state index in [2.05, 4.69) is 30.0 Å². The molecule has 0 aromatic heterocycles. The van der Waals surface area contributed by atoms with Crippen LogP contribution in [0.1, 0.15) is 30.9 Å². The minimum absolute atomic E-state index is 0.261. The average Bonchev–Trinajstić information content (AvgIpc) is 2.69. The molecule has 0 radical (unpaired) electrons. The summed E-state index contributed by atoms with van der Waals surface area (Å²) < 4.78 is 0. The van der Waals surface area contributed by atoms with E-state index in [4.69, 9.17) is 0 Å². The van der Waals surface area contributed by atoms with Crippen molar-refractivity contribution in [2.45, 2.75) is 39.2 Å². The number of nitrogens with zero attached hydrogens (tertiary/aromatic N) is 1. The standard InChI is InChI=1S/C14H21NO/c1-11-5-6-14(15-7-3-4-8-15)13(9-11)10-12(2)16/h5-6,9,12,16H,3-4,7-8,10H2,1-2H3. The molecule has 1 saturated heterocycles. The number of aliphatic hydroxyl groups is 1. The van der Waals surface area contributed by atoms with E-state index in [1.165, 1.54) is 29.7 Å². The monoisotopic (exact) mass is 219 g/mol. The summed E-state index contributed by atoms with van der Waals surface area (Å²) in [4.78, 5) is 2.44. The van der Waals surface area contributed by atoms with Gasteiger partial charge in [0.05, 0.1) is 6.10 Å². The lowest BCUT2D eigenvalue weighted by molar-refractivity contribution is 0.195. The Bertz CT molecular complexity index is 354. The second kappa shape index (κ2) is 4.88. The van der Waals surface area contributed by atoms with Gasteiger partial charge in [-0.05, 0) is 38.3 Å². The molecular weight excluding hydrogens is 198 g/mol. The van der Waals surface area contributed by atoms with Crippen LogP contribution in [0.3, 0.4) is 0 Å². The maximum absolute atomic E-state index is 9.55. The summed E-state index contributed by atoms with van der Waals surface area (Å²) in [6.07, 6.45) is 3.08. The average molecular weight is 219 g/mol. The van der Waals surface area contributed by atoms with Gasteiger partial charge in [-0.15, -0.1) is 0 Å². The third-order valence-electron chi connectivity index (χ3n) is 3.20. The molecule has 0 saturated carbocycles. The summed E-state index contributed by atoms with van der Waals surface area (Å²) in [5.74, 6) is 0. The topological polar surface area (TPSA) is 23.5 Å². The van der Waals surface area contributed by atoms with E-state index in [9.17, 15) is 5.11 Å². The molecule has 16 heavy (non-hydrogen) atoms. The first-order chi connectivity index (χ1) is 7.66. The Kier molecular flexibility index (Phi) is 3.49. The first kappa shape index (κ1) is 11.5. The Morgan fingerprint density at radius 3 is 2.62 bits per heavy atom. The fraction of sp³-hybridized carbons (Fsp3) is 0.571. The van der Waals surface area contributed by atoms with Crippen LogP contribution in [0.15, 0.2) is 18.2 Å². The van der Waals surface area contributed by atoms with E-state index in [0.717, 1.165) is 19.5 Å². The molecule has 2 rings (SSSR count). The van der Waals surface area contributed by atoms with Crippen LogP contribution in [0.2, 0.25) is 0 Å². The van der Waals surface area contributed by atoms with Crippen molar-refractivity contribution in [1.82, 2.24) is 0 Å². The highest BCUT2D eigenvalue weighted by Crippen LogP contribution is 2.26. The van der Waals surface area contributed by atoms with Crippen LogP contribution in [0.4, 0.5) is 5.69 Å². The molecule has 2 heteroatoms. The van der Waals surface area contributed by atoms with Crippen molar-refractivity contribution >= 4 is 5.69 Å². The molecule has 1 aromatic rings. The summed E-state index contributed by atoms with van der Waals surface area (Å²) in [7, 11) is 0. The van der Waals surface area contributed by atoms with Gasteiger partial charge in [-0.2, -0.15) is 0 Å². The van der Waals surface area contributed by atoms with Crippen molar-refractivity contribution in [3.63, 3.8) is 0 Å². The number of hydrogen-bond donors (Lipinski definition) is 1. The molecular formula is C14H21NO. The summed E-state index contributed by atoms with van der Waals surface area (Å²) in [6, 6.07) is 6.58. The molecule has 2 nitrogen and oxygen atoms in total. The zero-order valence-corrected chi connectivity index (χ0v) is 10.2. The van der Waals surface area contributed by atoms with Gasteiger partial charge in [0, 0.05) is 25.2 Å². The van der Waals surface area contributed by atoms with Crippen LogP contribution in [0.25, 0.3) is 0 Å². The molecule has 1 aliphatic heterocycles. The highest BCUT2D eigenvalue weighted by Gasteiger charge is 2.16. The van der Waals surface area contributed by atoms with Crippen LogP contribution < -0.4 is 4.90 Å². The number of hydrogen-bond acceptors (Lipinski definition) is 2. The van der Waals surface area contributed by atoms with Gasteiger partial charge in [0.15, 0.2) is 0 Å². The van der Waals surface area contributed by atoms with Crippen molar-refractivity contribution < 1.29 is 5.11 Å². The number of anilines is 1. The molecule has 1 N–H and O–H groups in total. The quantitative estimate of drug-likeness (QED) is 0.844. The minimum atomic E-state index is -0.261. The third kappa shape index (κ3) is 2.56. The first-order valence-electron chi connectivity index (χ1n) is 6.19. The smallest absolute Gasteiger partial charge is 0.0553 e. The van der Waals surface area contributed by atoms with E-state index in [1.54, 1.807) is 0 Å². The highest BCUT2D eigenvalue weighted by molar-refractivity contribution is 5.55. The summed E-state index contributed by atoms with van der Waals surface area (Å²) in [5, 5.41) is 9.55. The molecule has 1 aliphatic rings. The molecule has 0 bridgehead atoms. The molecule has 1 atom stereocenters. The zero-order chi connectivity index (χ0) is 11.5. The van der Waals surface area contributed by atoms with Gasteiger partial charge in [0.2, 0.25) is 0 Å². The van der Waals surface area contributed by atoms with Gasteiger partial charge in [-0.1, -0.05) is 17.7 Å². The van der Waals surface area contributed by atoms with Crippen molar-refractivity contribution in [2.75, 3.05) is 18.0 Å². The van der Waals surface area contributed by atoms with Crippen LogP contribution in [0, 0.1) is 6.92 Å². The van der Waals surface area contributed by atoms with Crippen molar-refractivity contribution in [3.05, 3.63) is 29.3 Å². The van der Waals surface area contributed by atoms with Crippen LogP contribution in [-0.2, 0) is 6.42 Å². The van der Waals surface area contributed by atoms with E-state index in [1.807, 2.05) is 6.92 Å². The second-order valence-electron chi connectivity index (χ2n) is 4.88. The van der Waals surface area contributed by atoms with Crippen molar-refractivity contribution in [2.24, 2.45) is 0 Å². The normalized spacial score (nSPS) is 17.8. The van der Waals surface area contributed by atoms with E-state index in [-0.39, 0.29) is 6.10 Å². The lowest BCUT2D eigenvalue weighted by atomic mass is 10.0. The van der Waals surface area contributed by atoms with Crippen LogP contribution >= 0.6 is 0 Å².